The van der Waals surface area contributed by atoms with E-state index in [0.717, 1.165) is 13.1 Å². The van der Waals surface area contributed by atoms with Gasteiger partial charge in [0.2, 0.25) is 5.91 Å². The Kier molecular flexibility index (Phi) is 9.48. The first-order chi connectivity index (χ1) is 18.8. The van der Waals surface area contributed by atoms with Crippen LogP contribution in [0, 0.1) is 0 Å². The SMILES string of the molecule is O=C(O)C[C@H](NC(=O)c1ccc(-n2ccccc2=O)cc1)C(=O)N(CCN1CCOCC1)c1ccc(Cl)cc1. The number of nitrogens with zero attached hydrogens (tertiary/aromatic N) is 3. The standard InChI is InChI=1S/C28H29ClN4O6/c29-21-6-10-23(11-7-21)33(14-13-31-15-17-39-18-16-31)28(38)24(19-26(35)36)30-27(37)20-4-8-22(9-5-20)32-12-2-1-3-25(32)34/h1-12,24H,13-19H2,(H,30,37)(H,35,36)/t24-/m0/s1. The van der Waals surface area contributed by atoms with Crippen LogP contribution in [-0.4, -0.2) is 77.8 Å². The Bertz CT molecular complexity index is 1350. The van der Waals surface area contributed by atoms with E-state index in [-0.39, 0.29) is 17.7 Å². The molecule has 11 heteroatoms. The number of rotatable bonds is 10. The number of carbonyl (C=O) groups is 3. The average molecular weight is 553 g/mol. The molecule has 1 saturated heterocycles. The van der Waals surface area contributed by atoms with E-state index in [4.69, 9.17) is 16.3 Å². The van der Waals surface area contributed by atoms with Crippen LogP contribution in [0.4, 0.5) is 5.69 Å². The summed E-state index contributed by atoms with van der Waals surface area (Å²) in [5.74, 6) is -2.38. The van der Waals surface area contributed by atoms with Crippen molar-refractivity contribution in [3.63, 3.8) is 0 Å². The first kappa shape index (κ1) is 28.0. The third-order valence-electron chi connectivity index (χ3n) is 6.36. The number of carbonyl (C=O) groups excluding carboxylic acids is 2. The second-order valence-electron chi connectivity index (χ2n) is 9.00. The number of hydrogen-bond acceptors (Lipinski definition) is 6. The molecule has 39 heavy (non-hydrogen) atoms. The molecule has 3 aromatic rings. The largest absolute Gasteiger partial charge is 0.481 e. The Morgan fingerprint density at radius 3 is 2.33 bits per heavy atom. The molecule has 0 aliphatic carbocycles. The van der Waals surface area contributed by atoms with Crippen LogP contribution in [0.1, 0.15) is 16.8 Å². The number of amides is 2. The smallest absolute Gasteiger partial charge is 0.305 e. The van der Waals surface area contributed by atoms with Crippen LogP contribution in [0.2, 0.25) is 5.02 Å². The molecule has 1 fully saturated rings. The molecular formula is C28H29ClN4O6. The highest BCUT2D eigenvalue weighted by Crippen LogP contribution is 2.20. The molecule has 1 aromatic heterocycles. The van der Waals surface area contributed by atoms with E-state index in [9.17, 15) is 24.3 Å². The summed E-state index contributed by atoms with van der Waals surface area (Å²) in [6.07, 6.45) is 1.02. The van der Waals surface area contributed by atoms with Crippen molar-refractivity contribution in [1.29, 1.82) is 0 Å². The number of carboxylic acids is 1. The van der Waals surface area contributed by atoms with Gasteiger partial charge in [-0.1, -0.05) is 17.7 Å². The van der Waals surface area contributed by atoms with E-state index in [1.165, 1.54) is 27.7 Å². The number of halogens is 1. The van der Waals surface area contributed by atoms with E-state index in [1.54, 1.807) is 54.7 Å². The normalized spacial score (nSPS) is 14.4. The van der Waals surface area contributed by atoms with E-state index in [2.05, 4.69) is 10.2 Å². The lowest BCUT2D eigenvalue weighted by Crippen LogP contribution is -2.52. The van der Waals surface area contributed by atoms with Gasteiger partial charge in [0.15, 0.2) is 0 Å². The van der Waals surface area contributed by atoms with Crippen molar-refractivity contribution in [1.82, 2.24) is 14.8 Å². The van der Waals surface area contributed by atoms with Crippen LogP contribution in [0.15, 0.2) is 77.7 Å². The Hall–Kier alpha value is -3.99. The Morgan fingerprint density at radius 2 is 1.69 bits per heavy atom. The van der Waals surface area contributed by atoms with Gasteiger partial charge in [-0.25, -0.2) is 0 Å². The topological polar surface area (TPSA) is 121 Å². The van der Waals surface area contributed by atoms with Crippen LogP contribution < -0.4 is 15.8 Å². The number of carboxylic acid groups (broad SMARTS) is 1. The summed E-state index contributed by atoms with van der Waals surface area (Å²) in [7, 11) is 0. The number of anilines is 1. The minimum atomic E-state index is -1.31. The molecular weight excluding hydrogens is 524 g/mol. The van der Waals surface area contributed by atoms with Gasteiger partial charge in [0.05, 0.1) is 19.6 Å². The summed E-state index contributed by atoms with van der Waals surface area (Å²) in [5, 5.41) is 12.6. The zero-order valence-electron chi connectivity index (χ0n) is 21.2. The minimum Gasteiger partial charge on any atom is -0.481 e. The van der Waals surface area contributed by atoms with E-state index in [1.807, 2.05) is 0 Å². The average Bonchev–Trinajstić information content (AvgIpc) is 2.94. The molecule has 2 aromatic carbocycles. The molecule has 1 atom stereocenters. The molecule has 0 radical (unpaired) electrons. The number of pyridine rings is 1. The molecule has 0 bridgehead atoms. The van der Waals surface area contributed by atoms with Crippen molar-refractivity contribution in [2.24, 2.45) is 0 Å². The first-order valence-electron chi connectivity index (χ1n) is 12.5. The van der Waals surface area contributed by atoms with Gasteiger partial charge in [0, 0.05) is 60.4 Å². The van der Waals surface area contributed by atoms with Gasteiger partial charge in [-0.05, 0) is 54.6 Å². The minimum absolute atomic E-state index is 0.220. The molecule has 1 aliphatic heterocycles. The maximum absolute atomic E-state index is 13.7. The van der Waals surface area contributed by atoms with Crippen LogP contribution in [0.3, 0.4) is 0 Å². The molecule has 2 heterocycles. The lowest BCUT2D eigenvalue weighted by atomic mass is 10.1. The van der Waals surface area contributed by atoms with Gasteiger partial charge in [0.1, 0.15) is 6.04 Å². The van der Waals surface area contributed by atoms with Crippen molar-refractivity contribution in [2.45, 2.75) is 12.5 Å². The summed E-state index contributed by atoms with van der Waals surface area (Å²) in [6, 6.07) is 16.4. The van der Waals surface area contributed by atoms with Crippen LogP contribution in [-0.2, 0) is 14.3 Å². The number of morpholine rings is 1. The van der Waals surface area contributed by atoms with Gasteiger partial charge >= 0.3 is 5.97 Å². The summed E-state index contributed by atoms with van der Waals surface area (Å²) in [6.45, 7) is 3.49. The zero-order chi connectivity index (χ0) is 27.8. The maximum atomic E-state index is 13.7. The summed E-state index contributed by atoms with van der Waals surface area (Å²) < 4.78 is 6.82. The maximum Gasteiger partial charge on any atom is 0.305 e. The monoisotopic (exact) mass is 552 g/mol. The van der Waals surface area contributed by atoms with Crippen molar-refractivity contribution >= 4 is 35.1 Å². The summed E-state index contributed by atoms with van der Waals surface area (Å²) in [4.78, 5) is 54.2. The Morgan fingerprint density at radius 1 is 1.00 bits per heavy atom. The first-order valence-corrected chi connectivity index (χ1v) is 12.9. The Labute approximate surface area is 230 Å². The quantitative estimate of drug-likeness (QED) is 0.396. The van der Waals surface area contributed by atoms with Crippen molar-refractivity contribution in [3.05, 3.63) is 93.9 Å². The molecule has 0 saturated carbocycles. The van der Waals surface area contributed by atoms with E-state index >= 15 is 0 Å². The van der Waals surface area contributed by atoms with Gasteiger partial charge < -0.3 is 20.1 Å². The highest BCUT2D eigenvalue weighted by atomic mass is 35.5. The molecule has 4 rings (SSSR count). The van der Waals surface area contributed by atoms with Gasteiger partial charge in [0.25, 0.3) is 11.5 Å². The predicted molar refractivity (Wildman–Crippen MR) is 147 cm³/mol. The molecule has 0 unspecified atom stereocenters. The second kappa shape index (κ2) is 13.2. The highest BCUT2D eigenvalue weighted by Gasteiger charge is 2.30. The van der Waals surface area contributed by atoms with Crippen molar-refractivity contribution in [2.75, 3.05) is 44.3 Å². The molecule has 2 amide bonds. The molecule has 0 spiro atoms. The summed E-state index contributed by atoms with van der Waals surface area (Å²) >= 11 is 6.04. The number of benzene rings is 2. The number of aromatic nitrogens is 1. The van der Waals surface area contributed by atoms with Gasteiger partial charge in [-0.15, -0.1) is 0 Å². The molecule has 1 aliphatic rings. The summed E-state index contributed by atoms with van der Waals surface area (Å²) in [5.41, 5.74) is 1.10. The van der Waals surface area contributed by atoms with Crippen molar-refractivity contribution in [3.8, 4) is 5.69 Å². The highest BCUT2D eigenvalue weighted by molar-refractivity contribution is 6.30. The van der Waals surface area contributed by atoms with Gasteiger partial charge in [-0.3, -0.25) is 28.6 Å². The lowest BCUT2D eigenvalue weighted by Gasteiger charge is -2.32. The van der Waals surface area contributed by atoms with Crippen LogP contribution in [0.25, 0.3) is 5.69 Å². The van der Waals surface area contributed by atoms with Crippen molar-refractivity contribution < 1.29 is 24.2 Å². The van der Waals surface area contributed by atoms with E-state index < -0.39 is 30.2 Å². The zero-order valence-corrected chi connectivity index (χ0v) is 21.9. The van der Waals surface area contributed by atoms with Crippen LogP contribution in [0.5, 0.6) is 0 Å². The fraction of sp³-hybridized carbons (Fsp3) is 0.286. The Balaban J connectivity index is 1.53. The lowest BCUT2D eigenvalue weighted by molar-refractivity contribution is -0.139. The fourth-order valence-electron chi connectivity index (χ4n) is 4.27. The molecule has 2 N–H and O–H groups in total. The number of nitrogens with one attached hydrogen (secondary N) is 1. The van der Waals surface area contributed by atoms with Crippen LogP contribution >= 0.6 is 11.6 Å². The number of hydrogen-bond donors (Lipinski definition) is 2. The number of aliphatic carboxylic acids is 1. The number of ether oxygens (including phenoxy) is 1. The predicted octanol–water partition coefficient (Wildman–Crippen LogP) is 2.43. The third kappa shape index (κ3) is 7.53. The fourth-order valence-corrected chi connectivity index (χ4v) is 4.40. The second-order valence-corrected chi connectivity index (χ2v) is 9.44. The van der Waals surface area contributed by atoms with Gasteiger partial charge in [-0.2, -0.15) is 0 Å². The third-order valence-corrected chi connectivity index (χ3v) is 6.61. The van der Waals surface area contributed by atoms with E-state index in [0.29, 0.717) is 36.2 Å². The molecule has 204 valence electrons. The molecule has 10 nitrogen and oxygen atoms in total.